The van der Waals surface area contributed by atoms with E-state index in [1.165, 1.54) is 0 Å². The van der Waals surface area contributed by atoms with E-state index < -0.39 is 0 Å². The Bertz CT molecular complexity index is 545. The molecule has 2 rings (SSSR count). The van der Waals surface area contributed by atoms with Gasteiger partial charge in [-0.15, -0.1) is 0 Å². The van der Waals surface area contributed by atoms with Crippen molar-refractivity contribution in [3.63, 3.8) is 0 Å². The molecule has 1 atom stereocenters. The zero-order chi connectivity index (χ0) is 14.5. The molecule has 1 amide bonds. The first-order valence-corrected chi connectivity index (χ1v) is 6.81. The summed E-state index contributed by atoms with van der Waals surface area (Å²) in [7, 11) is 2.08. The van der Waals surface area contributed by atoms with Gasteiger partial charge < -0.3 is 14.9 Å². The summed E-state index contributed by atoms with van der Waals surface area (Å²) >= 11 is 0. The highest BCUT2D eigenvalue weighted by atomic mass is 16.2. The number of piperazine rings is 1. The van der Waals surface area contributed by atoms with Crippen LogP contribution in [0.25, 0.3) is 0 Å². The van der Waals surface area contributed by atoms with Crippen molar-refractivity contribution in [2.75, 3.05) is 33.3 Å². The molecule has 0 radical (unpaired) electrons. The molecule has 1 aliphatic rings. The van der Waals surface area contributed by atoms with Crippen molar-refractivity contribution in [3.05, 3.63) is 35.4 Å². The van der Waals surface area contributed by atoms with Crippen molar-refractivity contribution in [1.82, 2.24) is 9.80 Å². The molecule has 0 bridgehead atoms. The highest BCUT2D eigenvalue weighted by Gasteiger charge is 2.24. The van der Waals surface area contributed by atoms with Crippen LogP contribution >= 0.6 is 0 Å². The number of aliphatic hydroxyl groups is 1. The van der Waals surface area contributed by atoms with Crippen LogP contribution < -0.4 is 0 Å². The minimum Gasteiger partial charge on any atom is -0.384 e. The molecule has 0 aliphatic carbocycles. The number of rotatable bonds is 1. The number of carbonyl (C=O) groups excluding carboxylic acids is 1. The molecule has 1 N–H and O–H groups in total. The largest absolute Gasteiger partial charge is 0.384 e. The van der Waals surface area contributed by atoms with Crippen LogP contribution in [0.1, 0.15) is 22.8 Å². The number of nitrogens with zero attached hydrogens (tertiary/aromatic N) is 2. The van der Waals surface area contributed by atoms with E-state index in [-0.39, 0.29) is 12.5 Å². The van der Waals surface area contributed by atoms with Crippen LogP contribution in [0.4, 0.5) is 0 Å². The Hall–Kier alpha value is -1.83. The third kappa shape index (κ3) is 3.38. The standard InChI is InChI=1S/C16H20N2O2/c1-13-12-18(9-8-17(13)2)16(20)15-7-3-5-14(11-15)6-4-10-19/h3,5,7,11,13,19H,8-10,12H2,1-2H3. The molecular weight excluding hydrogens is 252 g/mol. The van der Waals surface area contributed by atoms with Crippen molar-refractivity contribution < 1.29 is 9.90 Å². The monoisotopic (exact) mass is 272 g/mol. The van der Waals surface area contributed by atoms with E-state index in [2.05, 4.69) is 30.7 Å². The second kappa shape index (κ2) is 6.56. The maximum Gasteiger partial charge on any atom is 0.253 e. The number of amides is 1. The van der Waals surface area contributed by atoms with E-state index in [0.717, 1.165) is 25.2 Å². The summed E-state index contributed by atoms with van der Waals surface area (Å²) in [5.41, 5.74) is 1.42. The van der Waals surface area contributed by atoms with Gasteiger partial charge in [0, 0.05) is 36.8 Å². The van der Waals surface area contributed by atoms with Gasteiger partial charge in [0.15, 0.2) is 0 Å². The average Bonchev–Trinajstić information content (AvgIpc) is 2.47. The van der Waals surface area contributed by atoms with E-state index in [9.17, 15) is 4.79 Å². The zero-order valence-electron chi connectivity index (χ0n) is 12.0. The molecule has 4 nitrogen and oxygen atoms in total. The Labute approximate surface area is 120 Å². The Morgan fingerprint density at radius 2 is 2.25 bits per heavy atom. The summed E-state index contributed by atoms with van der Waals surface area (Å²) in [5, 5.41) is 8.71. The predicted octanol–water partition coefficient (Wildman–Crippen LogP) is 0.806. The van der Waals surface area contributed by atoms with Gasteiger partial charge in [0.2, 0.25) is 0 Å². The molecule has 1 aromatic carbocycles. The molecular formula is C16H20N2O2. The lowest BCUT2D eigenvalue weighted by Crippen LogP contribution is -2.52. The van der Waals surface area contributed by atoms with Gasteiger partial charge in [-0.1, -0.05) is 17.9 Å². The van der Waals surface area contributed by atoms with Crippen molar-refractivity contribution in [3.8, 4) is 11.8 Å². The van der Waals surface area contributed by atoms with Crippen molar-refractivity contribution >= 4 is 5.91 Å². The Morgan fingerprint density at radius 3 is 2.95 bits per heavy atom. The topological polar surface area (TPSA) is 43.8 Å². The summed E-state index contributed by atoms with van der Waals surface area (Å²) < 4.78 is 0. The van der Waals surface area contributed by atoms with Gasteiger partial charge in [0.25, 0.3) is 5.91 Å². The predicted molar refractivity (Wildman–Crippen MR) is 78.4 cm³/mol. The van der Waals surface area contributed by atoms with Crippen molar-refractivity contribution in [2.45, 2.75) is 13.0 Å². The van der Waals surface area contributed by atoms with Gasteiger partial charge in [-0.05, 0) is 32.2 Å². The molecule has 4 heteroatoms. The molecule has 106 valence electrons. The summed E-state index contributed by atoms with van der Waals surface area (Å²) in [6.07, 6.45) is 0. The van der Waals surface area contributed by atoms with E-state index >= 15 is 0 Å². The molecule has 0 saturated carbocycles. The highest BCUT2D eigenvalue weighted by Crippen LogP contribution is 2.13. The summed E-state index contributed by atoms with van der Waals surface area (Å²) in [4.78, 5) is 16.6. The molecule has 0 spiro atoms. The van der Waals surface area contributed by atoms with Crippen LogP contribution in [-0.2, 0) is 0 Å². The Morgan fingerprint density at radius 1 is 1.45 bits per heavy atom. The van der Waals surface area contributed by atoms with Crippen molar-refractivity contribution in [1.29, 1.82) is 0 Å². The molecule has 1 unspecified atom stereocenters. The van der Waals surface area contributed by atoms with Crippen LogP contribution in [0.15, 0.2) is 24.3 Å². The first-order chi connectivity index (χ1) is 9.61. The van der Waals surface area contributed by atoms with Gasteiger partial charge in [-0.3, -0.25) is 4.79 Å². The Balaban J connectivity index is 2.13. The molecule has 1 saturated heterocycles. The Kier molecular flexibility index (Phi) is 4.78. The van der Waals surface area contributed by atoms with Crippen LogP contribution in [-0.4, -0.2) is 60.1 Å². The summed E-state index contributed by atoms with van der Waals surface area (Å²) in [5.74, 6) is 5.48. The number of aliphatic hydroxyl groups excluding tert-OH is 1. The van der Waals surface area contributed by atoms with Crippen LogP contribution in [0.5, 0.6) is 0 Å². The van der Waals surface area contributed by atoms with E-state index in [1.54, 1.807) is 6.07 Å². The zero-order valence-corrected chi connectivity index (χ0v) is 12.0. The van der Waals surface area contributed by atoms with Gasteiger partial charge in [-0.25, -0.2) is 0 Å². The number of benzene rings is 1. The molecule has 1 aliphatic heterocycles. The second-order valence-corrected chi connectivity index (χ2v) is 5.12. The smallest absolute Gasteiger partial charge is 0.253 e. The second-order valence-electron chi connectivity index (χ2n) is 5.12. The molecule has 1 aromatic rings. The fourth-order valence-corrected chi connectivity index (χ4v) is 2.29. The number of hydrogen-bond donors (Lipinski definition) is 1. The fourth-order valence-electron chi connectivity index (χ4n) is 2.29. The summed E-state index contributed by atoms with van der Waals surface area (Å²) in [6.45, 7) is 4.36. The van der Waals surface area contributed by atoms with E-state index in [0.29, 0.717) is 11.6 Å². The van der Waals surface area contributed by atoms with Gasteiger partial charge in [-0.2, -0.15) is 0 Å². The number of hydrogen-bond acceptors (Lipinski definition) is 3. The van der Waals surface area contributed by atoms with Gasteiger partial charge in [0.05, 0.1) is 0 Å². The normalized spacial score (nSPS) is 19.4. The van der Waals surface area contributed by atoms with Crippen LogP contribution in [0.3, 0.4) is 0 Å². The van der Waals surface area contributed by atoms with Gasteiger partial charge >= 0.3 is 0 Å². The SMILES string of the molecule is CC1CN(C(=O)c2cccc(C#CCO)c2)CCN1C. The molecule has 20 heavy (non-hydrogen) atoms. The molecule has 1 heterocycles. The molecule has 0 aromatic heterocycles. The van der Waals surface area contributed by atoms with Gasteiger partial charge in [0.1, 0.15) is 6.61 Å². The fraction of sp³-hybridized carbons (Fsp3) is 0.438. The van der Waals surface area contributed by atoms with E-state index in [1.807, 2.05) is 23.1 Å². The first kappa shape index (κ1) is 14.6. The minimum absolute atomic E-state index is 0.0533. The summed E-state index contributed by atoms with van der Waals surface area (Å²) in [6, 6.07) is 7.65. The lowest BCUT2D eigenvalue weighted by atomic mass is 10.1. The highest BCUT2D eigenvalue weighted by molar-refractivity contribution is 5.94. The van der Waals surface area contributed by atoms with Crippen LogP contribution in [0.2, 0.25) is 0 Å². The van der Waals surface area contributed by atoms with E-state index in [4.69, 9.17) is 5.11 Å². The lowest BCUT2D eigenvalue weighted by molar-refractivity contribution is 0.0572. The molecule has 1 fully saturated rings. The van der Waals surface area contributed by atoms with Crippen LogP contribution in [0, 0.1) is 11.8 Å². The maximum atomic E-state index is 12.5. The third-order valence-electron chi connectivity index (χ3n) is 3.67. The third-order valence-corrected chi connectivity index (χ3v) is 3.67. The lowest BCUT2D eigenvalue weighted by Gasteiger charge is -2.37. The number of likely N-dealkylation sites (N-methyl/N-ethyl adjacent to an activating group) is 1. The maximum absolute atomic E-state index is 12.5. The minimum atomic E-state index is -0.172. The quantitative estimate of drug-likeness (QED) is 0.769. The first-order valence-electron chi connectivity index (χ1n) is 6.81. The number of carbonyl (C=O) groups is 1. The average molecular weight is 272 g/mol. The van der Waals surface area contributed by atoms with Crippen molar-refractivity contribution in [2.24, 2.45) is 0 Å².